The maximum absolute atomic E-state index is 9.52. The van der Waals surface area contributed by atoms with E-state index in [0.717, 1.165) is 0 Å². The van der Waals surface area contributed by atoms with Crippen molar-refractivity contribution in [2.75, 3.05) is 27.3 Å². The first-order chi connectivity index (χ1) is 5.37. The lowest BCUT2D eigenvalue weighted by Crippen LogP contribution is -2.42. The van der Waals surface area contributed by atoms with Crippen molar-refractivity contribution in [1.82, 2.24) is 4.90 Å². The number of methoxy groups -OCH3 is 1. The molecular formula is C9H21NO2. The standard InChI is InChI=1S/C9H21NO2/c1-8(6-12-5)10(4)7-9(2,3)11/h8,11H,6-7H2,1-5H3. The van der Waals surface area contributed by atoms with E-state index in [1.54, 1.807) is 7.11 Å². The summed E-state index contributed by atoms with van der Waals surface area (Å²) < 4.78 is 5.02. The van der Waals surface area contributed by atoms with Gasteiger partial charge in [-0.1, -0.05) is 0 Å². The summed E-state index contributed by atoms with van der Waals surface area (Å²) in [5.41, 5.74) is -0.628. The third-order valence-corrected chi connectivity index (χ3v) is 1.80. The van der Waals surface area contributed by atoms with Crippen molar-refractivity contribution < 1.29 is 9.84 Å². The van der Waals surface area contributed by atoms with Gasteiger partial charge in [0, 0.05) is 19.7 Å². The van der Waals surface area contributed by atoms with Gasteiger partial charge >= 0.3 is 0 Å². The largest absolute Gasteiger partial charge is 0.389 e. The summed E-state index contributed by atoms with van der Waals surface area (Å²) in [5, 5.41) is 9.52. The van der Waals surface area contributed by atoms with E-state index in [1.165, 1.54) is 0 Å². The predicted octanol–water partition coefficient (Wildman–Crippen LogP) is 0.724. The Morgan fingerprint density at radius 2 is 2.00 bits per heavy atom. The molecule has 0 rings (SSSR count). The molecule has 0 radical (unpaired) electrons. The average Bonchev–Trinajstić information content (AvgIpc) is 1.84. The molecule has 1 unspecified atom stereocenters. The zero-order valence-corrected chi connectivity index (χ0v) is 8.79. The minimum Gasteiger partial charge on any atom is -0.389 e. The monoisotopic (exact) mass is 175 g/mol. The van der Waals surface area contributed by atoms with Crippen LogP contribution >= 0.6 is 0 Å². The zero-order chi connectivity index (χ0) is 9.78. The minimum absolute atomic E-state index is 0.349. The highest BCUT2D eigenvalue weighted by Gasteiger charge is 2.18. The Kier molecular flexibility index (Phi) is 4.75. The SMILES string of the molecule is COCC(C)N(C)CC(C)(C)O. The molecule has 3 heteroatoms. The summed E-state index contributed by atoms with van der Waals surface area (Å²) in [6.07, 6.45) is 0. The predicted molar refractivity (Wildman–Crippen MR) is 50.3 cm³/mol. The molecule has 0 bridgehead atoms. The van der Waals surface area contributed by atoms with Crippen molar-refractivity contribution >= 4 is 0 Å². The van der Waals surface area contributed by atoms with Crippen LogP contribution in [0.4, 0.5) is 0 Å². The lowest BCUT2D eigenvalue weighted by Gasteiger charge is -2.29. The van der Waals surface area contributed by atoms with Gasteiger partial charge in [0.2, 0.25) is 0 Å². The zero-order valence-electron chi connectivity index (χ0n) is 8.79. The van der Waals surface area contributed by atoms with Gasteiger partial charge in [-0.25, -0.2) is 0 Å². The van der Waals surface area contributed by atoms with Gasteiger partial charge in [-0.15, -0.1) is 0 Å². The molecule has 0 aromatic carbocycles. The van der Waals surface area contributed by atoms with E-state index in [-0.39, 0.29) is 0 Å². The average molecular weight is 175 g/mol. The van der Waals surface area contributed by atoms with Crippen molar-refractivity contribution in [3.05, 3.63) is 0 Å². The molecule has 0 aliphatic carbocycles. The Hall–Kier alpha value is -0.120. The summed E-state index contributed by atoms with van der Waals surface area (Å²) in [4.78, 5) is 2.09. The van der Waals surface area contributed by atoms with Crippen LogP contribution in [0.1, 0.15) is 20.8 Å². The maximum Gasteiger partial charge on any atom is 0.0718 e. The van der Waals surface area contributed by atoms with Crippen molar-refractivity contribution in [2.24, 2.45) is 0 Å². The highest BCUT2D eigenvalue weighted by atomic mass is 16.5. The molecule has 0 saturated carbocycles. The van der Waals surface area contributed by atoms with Crippen LogP contribution in [0.15, 0.2) is 0 Å². The van der Waals surface area contributed by atoms with Gasteiger partial charge in [0.25, 0.3) is 0 Å². The topological polar surface area (TPSA) is 32.7 Å². The maximum atomic E-state index is 9.52. The number of hydrogen-bond acceptors (Lipinski definition) is 3. The molecule has 1 N–H and O–H groups in total. The van der Waals surface area contributed by atoms with E-state index in [1.807, 2.05) is 20.9 Å². The fraction of sp³-hybridized carbons (Fsp3) is 1.00. The summed E-state index contributed by atoms with van der Waals surface area (Å²) in [6.45, 7) is 7.06. The lowest BCUT2D eigenvalue weighted by atomic mass is 10.1. The van der Waals surface area contributed by atoms with E-state index in [4.69, 9.17) is 4.74 Å². The molecule has 12 heavy (non-hydrogen) atoms. The molecule has 3 nitrogen and oxygen atoms in total. The second-order valence-electron chi connectivity index (χ2n) is 4.03. The van der Waals surface area contributed by atoms with Crippen molar-refractivity contribution in [3.63, 3.8) is 0 Å². The Labute approximate surface area is 75.3 Å². The normalized spacial score (nSPS) is 15.2. The molecule has 74 valence electrons. The fourth-order valence-electron chi connectivity index (χ4n) is 1.13. The number of nitrogens with zero attached hydrogens (tertiary/aromatic N) is 1. The highest BCUT2D eigenvalue weighted by Crippen LogP contribution is 2.06. The molecule has 0 spiro atoms. The van der Waals surface area contributed by atoms with E-state index < -0.39 is 5.60 Å². The molecule has 0 aromatic rings. The van der Waals surface area contributed by atoms with Gasteiger partial charge in [-0.05, 0) is 27.8 Å². The second-order valence-corrected chi connectivity index (χ2v) is 4.03. The van der Waals surface area contributed by atoms with Gasteiger partial charge in [0.15, 0.2) is 0 Å². The van der Waals surface area contributed by atoms with Crippen LogP contribution in [0.2, 0.25) is 0 Å². The highest BCUT2D eigenvalue weighted by molar-refractivity contribution is 4.73. The summed E-state index contributed by atoms with van der Waals surface area (Å²) >= 11 is 0. The van der Waals surface area contributed by atoms with E-state index in [9.17, 15) is 5.11 Å². The van der Waals surface area contributed by atoms with Gasteiger partial charge in [-0.3, -0.25) is 4.90 Å². The summed E-state index contributed by atoms with van der Waals surface area (Å²) in [7, 11) is 3.68. The molecule has 0 amide bonds. The van der Waals surface area contributed by atoms with Gasteiger partial charge in [0.05, 0.1) is 12.2 Å². The minimum atomic E-state index is -0.628. The van der Waals surface area contributed by atoms with Crippen LogP contribution < -0.4 is 0 Å². The van der Waals surface area contributed by atoms with Crippen molar-refractivity contribution in [3.8, 4) is 0 Å². The fourth-order valence-corrected chi connectivity index (χ4v) is 1.13. The Morgan fingerprint density at radius 1 is 1.50 bits per heavy atom. The summed E-state index contributed by atoms with van der Waals surface area (Å²) in [6, 6.07) is 0.349. The number of aliphatic hydroxyl groups is 1. The smallest absolute Gasteiger partial charge is 0.0718 e. The first-order valence-corrected chi connectivity index (χ1v) is 4.28. The molecular weight excluding hydrogens is 154 g/mol. The van der Waals surface area contributed by atoms with Crippen molar-refractivity contribution in [1.29, 1.82) is 0 Å². The van der Waals surface area contributed by atoms with Gasteiger partial charge in [0.1, 0.15) is 0 Å². The van der Waals surface area contributed by atoms with Crippen LogP contribution in [-0.2, 0) is 4.74 Å². The Morgan fingerprint density at radius 3 is 2.33 bits per heavy atom. The van der Waals surface area contributed by atoms with Gasteiger partial charge < -0.3 is 9.84 Å². The van der Waals surface area contributed by atoms with Gasteiger partial charge in [-0.2, -0.15) is 0 Å². The molecule has 0 saturated heterocycles. The number of rotatable bonds is 5. The third-order valence-electron chi connectivity index (χ3n) is 1.80. The number of hydrogen-bond donors (Lipinski definition) is 1. The molecule has 0 aromatic heterocycles. The molecule has 0 fully saturated rings. The number of likely N-dealkylation sites (N-methyl/N-ethyl adjacent to an activating group) is 1. The van der Waals surface area contributed by atoms with Crippen LogP contribution in [0.5, 0.6) is 0 Å². The Bertz CT molecular complexity index is 120. The van der Waals surface area contributed by atoms with Crippen LogP contribution in [-0.4, -0.2) is 49.0 Å². The van der Waals surface area contributed by atoms with E-state index in [0.29, 0.717) is 19.2 Å². The van der Waals surface area contributed by atoms with Crippen LogP contribution in [0.3, 0.4) is 0 Å². The quantitative estimate of drug-likeness (QED) is 0.668. The second kappa shape index (κ2) is 4.80. The molecule has 0 aliphatic rings. The van der Waals surface area contributed by atoms with E-state index in [2.05, 4.69) is 11.8 Å². The lowest BCUT2D eigenvalue weighted by molar-refractivity contribution is 0.0193. The Balaban J connectivity index is 3.78. The first kappa shape index (κ1) is 11.9. The first-order valence-electron chi connectivity index (χ1n) is 4.28. The molecule has 0 aliphatic heterocycles. The van der Waals surface area contributed by atoms with E-state index >= 15 is 0 Å². The molecule has 1 atom stereocenters. The van der Waals surface area contributed by atoms with Crippen LogP contribution in [0, 0.1) is 0 Å². The summed E-state index contributed by atoms with van der Waals surface area (Å²) in [5.74, 6) is 0. The number of ether oxygens (including phenoxy) is 1. The van der Waals surface area contributed by atoms with Crippen LogP contribution in [0.25, 0.3) is 0 Å². The molecule has 0 heterocycles. The third kappa shape index (κ3) is 5.52. The van der Waals surface area contributed by atoms with Crippen molar-refractivity contribution in [2.45, 2.75) is 32.4 Å².